The number of benzene rings is 1. The SMILES string of the molecule is C1CO1.C=C(C)C1C=Cc2ccccc21. The average Bonchev–Trinajstić information content (AvgIpc) is 3.04. The van der Waals surface area contributed by atoms with Gasteiger partial charge in [0.1, 0.15) is 0 Å². The summed E-state index contributed by atoms with van der Waals surface area (Å²) in [6.45, 7) is 8.07. The van der Waals surface area contributed by atoms with Gasteiger partial charge in [-0.1, -0.05) is 48.6 Å². The van der Waals surface area contributed by atoms with E-state index in [0.717, 1.165) is 13.2 Å². The minimum absolute atomic E-state index is 0.446. The molecule has 0 radical (unpaired) electrons. The van der Waals surface area contributed by atoms with Crippen LogP contribution in [0, 0.1) is 0 Å². The highest BCUT2D eigenvalue weighted by Crippen LogP contribution is 2.33. The van der Waals surface area contributed by atoms with Gasteiger partial charge in [-0.15, -0.1) is 0 Å². The summed E-state index contributed by atoms with van der Waals surface area (Å²) in [7, 11) is 0. The molecule has 1 heterocycles. The summed E-state index contributed by atoms with van der Waals surface area (Å²) in [6.07, 6.45) is 4.39. The van der Waals surface area contributed by atoms with Crippen molar-refractivity contribution in [2.75, 3.05) is 13.2 Å². The molecule has 1 saturated heterocycles. The van der Waals surface area contributed by atoms with Crippen LogP contribution in [0.3, 0.4) is 0 Å². The smallest absolute Gasteiger partial charge is 0.0701 e. The molecule has 1 heteroatoms. The molecule has 1 aromatic rings. The molecule has 3 rings (SSSR count). The lowest BCUT2D eigenvalue weighted by molar-refractivity contribution is 0.475. The Kier molecular flexibility index (Phi) is 3.02. The predicted molar refractivity (Wildman–Crippen MR) is 63.9 cm³/mol. The summed E-state index contributed by atoms with van der Waals surface area (Å²) in [5.74, 6) is 0.446. The highest BCUT2D eigenvalue weighted by Gasteiger charge is 2.16. The maximum atomic E-state index is 4.50. The second-order valence-corrected chi connectivity index (χ2v) is 3.92. The quantitative estimate of drug-likeness (QED) is 0.500. The molecule has 0 bridgehead atoms. The standard InChI is InChI=1S/C12H12.C2H4O/c1-9(2)11-8-7-10-5-3-4-6-12(10)11;1-2-3-1/h3-8,11H,1H2,2H3;1-2H2. The van der Waals surface area contributed by atoms with Gasteiger partial charge in [-0.3, -0.25) is 0 Å². The highest BCUT2D eigenvalue weighted by atomic mass is 16.6. The van der Waals surface area contributed by atoms with E-state index in [2.05, 4.69) is 54.7 Å². The lowest BCUT2D eigenvalue weighted by Gasteiger charge is -2.09. The summed E-state index contributed by atoms with van der Waals surface area (Å²) in [4.78, 5) is 0. The fourth-order valence-electron chi connectivity index (χ4n) is 1.68. The van der Waals surface area contributed by atoms with Gasteiger partial charge >= 0.3 is 0 Å². The van der Waals surface area contributed by atoms with E-state index in [1.807, 2.05) is 0 Å². The Bertz CT molecular complexity index is 385. The molecule has 0 N–H and O–H groups in total. The molecule has 1 aliphatic heterocycles. The maximum absolute atomic E-state index is 4.50. The number of epoxide rings is 1. The van der Waals surface area contributed by atoms with Crippen LogP contribution in [0.25, 0.3) is 6.08 Å². The van der Waals surface area contributed by atoms with Gasteiger partial charge in [-0.05, 0) is 18.1 Å². The van der Waals surface area contributed by atoms with Crippen LogP contribution >= 0.6 is 0 Å². The zero-order valence-corrected chi connectivity index (χ0v) is 9.07. The largest absolute Gasteiger partial charge is 0.377 e. The number of rotatable bonds is 1. The molecule has 1 aromatic carbocycles. The average molecular weight is 200 g/mol. The van der Waals surface area contributed by atoms with Crippen molar-refractivity contribution < 1.29 is 4.74 Å². The van der Waals surface area contributed by atoms with Crippen LogP contribution in [0.1, 0.15) is 24.0 Å². The third kappa shape index (κ3) is 2.57. The lowest BCUT2D eigenvalue weighted by atomic mass is 9.95. The number of hydrogen-bond donors (Lipinski definition) is 0. The van der Waals surface area contributed by atoms with Crippen LogP contribution in [0.4, 0.5) is 0 Å². The summed E-state index contributed by atoms with van der Waals surface area (Å²) in [6, 6.07) is 8.48. The van der Waals surface area contributed by atoms with Gasteiger partial charge in [0.2, 0.25) is 0 Å². The van der Waals surface area contributed by atoms with E-state index >= 15 is 0 Å². The monoisotopic (exact) mass is 200 g/mol. The molecule has 0 aromatic heterocycles. The zero-order chi connectivity index (χ0) is 10.7. The first-order valence-corrected chi connectivity index (χ1v) is 5.29. The second-order valence-electron chi connectivity index (χ2n) is 3.92. The first kappa shape index (κ1) is 10.2. The van der Waals surface area contributed by atoms with E-state index in [9.17, 15) is 0 Å². The van der Waals surface area contributed by atoms with Crippen molar-refractivity contribution in [2.45, 2.75) is 12.8 Å². The predicted octanol–water partition coefficient (Wildman–Crippen LogP) is 3.39. The minimum Gasteiger partial charge on any atom is -0.377 e. The Morgan fingerprint density at radius 1 is 1.33 bits per heavy atom. The summed E-state index contributed by atoms with van der Waals surface area (Å²) in [5, 5.41) is 0. The van der Waals surface area contributed by atoms with Gasteiger partial charge in [-0.25, -0.2) is 0 Å². The van der Waals surface area contributed by atoms with Crippen LogP contribution in [-0.4, -0.2) is 13.2 Å². The zero-order valence-electron chi connectivity index (χ0n) is 9.07. The molecule has 15 heavy (non-hydrogen) atoms. The second kappa shape index (κ2) is 4.45. The van der Waals surface area contributed by atoms with E-state index in [0.29, 0.717) is 5.92 Å². The van der Waals surface area contributed by atoms with Crippen LogP contribution in [-0.2, 0) is 4.74 Å². The molecule has 1 aliphatic carbocycles. The van der Waals surface area contributed by atoms with Crippen molar-refractivity contribution >= 4 is 6.08 Å². The minimum atomic E-state index is 0.446. The normalized spacial score (nSPS) is 20.2. The molecular formula is C14H16O. The molecule has 2 aliphatic rings. The van der Waals surface area contributed by atoms with Gasteiger partial charge in [-0.2, -0.15) is 0 Å². The van der Waals surface area contributed by atoms with Crippen LogP contribution in [0.5, 0.6) is 0 Å². The molecule has 1 nitrogen and oxygen atoms in total. The van der Waals surface area contributed by atoms with E-state index < -0.39 is 0 Å². The molecule has 1 unspecified atom stereocenters. The molecule has 0 spiro atoms. The first-order valence-electron chi connectivity index (χ1n) is 5.29. The lowest BCUT2D eigenvalue weighted by Crippen LogP contribution is -1.92. The molecule has 0 saturated carbocycles. The van der Waals surface area contributed by atoms with Crippen molar-refractivity contribution in [1.82, 2.24) is 0 Å². The van der Waals surface area contributed by atoms with Crippen LogP contribution in [0.2, 0.25) is 0 Å². The summed E-state index contributed by atoms with van der Waals surface area (Å²) in [5.41, 5.74) is 3.95. The third-order valence-corrected chi connectivity index (χ3v) is 2.53. The Morgan fingerprint density at radius 2 is 2.00 bits per heavy atom. The Balaban J connectivity index is 0.000000244. The molecular weight excluding hydrogens is 184 g/mol. The highest BCUT2D eigenvalue weighted by molar-refractivity contribution is 5.64. The molecule has 1 atom stereocenters. The van der Waals surface area contributed by atoms with Gasteiger partial charge < -0.3 is 4.74 Å². The van der Waals surface area contributed by atoms with Crippen molar-refractivity contribution in [2.24, 2.45) is 0 Å². The van der Waals surface area contributed by atoms with Crippen molar-refractivity contribution in [3.05, 3.63) is 53.6 Å². The number of allylic oxidation sites excluding steroid dienone is 2. The van der Waals surface area contributed by atoms with Crippen molar-refractivity contribution in [3.8, 4) is 0 Å². The van der Waals surface area contributed by atoms with Gasteiger partial charge in [0.15, 0.2) is 0 Å². The van der Waals surface area contributed by atoms with Crippen LogP contribution in [0.15, 0.2) is 42.5 Å². The van der Waals surface area contributed by atoms with E-state index in [1.54, 1.807) is 0 Å². The Labute approximate surface area is 91.1 Å². The number of ether oxygens (including phenoxy) is 1. The first-order chi connectivity index (χ1) is 7.29. The van der Waals surface area contributed by atoms with Crippen molar-refractivity contribution in [3.63, 3.8) is 0 Å². The number of fused-ring (bicyclic) bond motifs is 1. The molecule has 1 fully saturated rings. The fourth-order valence-corrected chi connectivity index (χ4v) is 1.68. The summed E-state index contributed by atoms with van der Waals surface area (Å²) < 4.78 is 4.50. The van der Waals surface area contributed by atoms with Gasteiger partial charge in [0, 0.05) is 5.92 Å². The van der Waals surface area contributed by atoms with E-state index in [1.165, 1.54) is 16.7 Å². The van der Waals surface area contributed by atoms with Crippen molar-refractivity contribution in [1.29, 1.82) is 0 Å². The Hall–Kier alpha value is -1.34. The molecule has 0 amide bonds. The van der Waals surface area contributed by atoms with E-state index in [-0.39, 0.29) is 0 Å². The Morgan fingerprint density at radius 3 is 2.60 bits per heavy atom. The summed E-state index contributed by atoms with van der Waals surface area (Å²) >= 11 is 0. The topological polar surface area (TPSA) is 12.5 Å². The van der Waals surface area contributed by atoms with Gasteiger partial charge in [0.05, 0.1) is 13.2 Å². The molecule has 78 valence electrons. The third-order valence-electron chi connectivity index (χ3n) is 2.53. The van der Waals surface area contributed by atoms with Gasteiger partial charge in [0.25, 0.3) is 0 Å². The van der Waals surface area contributed by atoms with Crippen LogP contribution < -0.4 is 0 Å². The fraction of sp³-hybridized carbons (Fsp3) is 0.286. The van der Waals surface area contributed by atoms with E-state index in [4.69, 9.17) is 0 Å². The number of hydrogen-bond acceptors (Lipinski definition) is 1. The maximum Gasteiger partial charge on any atom is 0.0701 e.